The van der Waals surface area contributed by atoms with Gasteiger partial charge in [0.2, 0.25) is 0 Å². The fourth-order valence-electron chi connectivity index (χ4n) is 3.60. The van der Waals surface area contributed by atoms with Crippen LogP contribution in [0.5, 0.6) is 0 Å². The van der Waals surface area contributed by atoms with Crippen LogP contribution in [-0.2, 0) is 6.54 Å². The summed E-state index contributed by atoms with van der Waals surface area (Å²) in [5.41, 5.74) is 2.52. The maximum atomic E-state index is 12.0. The van der Waals surface area contributed by atoms with E-state index in [0.29, 0.717) is 18.1 Å². The largest absolute Gasteiger partial charge is 0.477 e. The standard InChI is InChI=1S/C23H22N4O2/c1-15-21(23(28)29)27(14-18-9-6-8-16-7-4-5-10-19(16)18)22(25-15)17-11-12-20(24-13-17)26(2)3/h4-13H,14H2,1-3H3,(H,28,29). The smallest absolute Gasteiger partial charge is 0.354 e. The van der Waals surface area contributed by atoms with E-state index < -0.39 is 5.97 Å². The quantitative estimate of drug-likeness (QED) is 0.556. The first-order valence-electron chi connectivity index (χ1n) is 9.36. The normalized spacial score (nSPS) is 11.0. The minimum atomic E-state index is -0.987. The van der Waals surface area contributed by atoms with E-state index in [1.54, 1.807) is 17.7 Å². The highest BCUT2D eigenvalue weighted by Crippen LogP contribution is 2.27. The van der Waals surface area contributed by atoms with E-state index in [9.17, 15) is 9.90 Å². The molecule has 2 aromatic heterocycles. The second-order valence-corrected chi connectivity index (χ2v) is 7.20. The summed E-state index contributed by atoms with van der Waals surface area (Å²) in [4.78, 5) is 23.0. The van der Waals surface area contributed by atoms with E-state index in [1.165, 1.54) is 0 Å². The molecule has 2 heterocycles. The van der Waals surface area contributed by atoms with Gasteiger partial charge >= 0.3 is 5.97 Å². The number of pyridine rings is 1. The first-order chi connectivity index (χ1) is 14.0. The summed E-state index contributed by atoms with van der Waals surface area (Å²) in [7, 11) is 3.85. The third-order valence-corrected chi connectivity index (χ3v) is 5.02. The lowest BCUT2D eigenvalue weighted by atomic mass is 10.0. The van der Waals surface area contributed by atoms with Crippen molar-refractivity contribution in [3.8, 4) is 11.4 Å². The molecular formula is C23H22N4O2. The molecule has 0 atom stereocenters. The van der Waals surface area contributed by atoms with Crippen molar-refractivity contribution in [1.29, 1.82) is 0 Å². The minimum absolute atomic E-state index is 0.199. The fraction of sp³-hybridized carbons (Fsp3) is 0.174. The van der Waals surface area contributed by atoms with Crippen LogP contribution in [0, 0.1) is 6.92 Å². The van der Waals surface area contributed by atoms with Gasteiger partial charge in [-0.1, -0.05) is 42.5 Å². The van der Waals surface area contributed by atoms with Gasteiger partial charge in [-0.15, -0.1) is 0 Å². The molecule has 146 valence electrons. The van der Waals surface area contributed by atoms with E-state index in [-0.39, 0.29) is 5.69 Å². The summed E-state index contributed by atoms with van der Waals surface area (Å²) < 4.78 is 1.77. The van der Waals surface area contributed by atoms with Crippen molar-refractivity contribution in [3.63, 3.8) is 0 Å². The summed E-state index contributed by atoms with van der Waals surface area (Å²) in [6.45, 7) is 2.14. The zero-order valence-corrected chi connectivity index (χ0v) is 16.6. The monoisotopic (exact) mass is 386 g/mol. The van der Waals surface area contributed by atoms with Crippen molar-refractivity contribution < 1.29 is 9.90 Å². The van der Waals surface area contributed by atoms with Crippen LogP contribution >= 0.6 is 0 Å². The zero-order chi connectivity index (χ0) is 20.5. The number of aromatic carboxylic acids is 1. The Labute approximate surface area is 169 Å². The summed E-state index contributed by atoms with van der Waals surface area (Å²) >= 11 is 0. The first-order valence-corrected chi connectivity index (χ1v) is 9.36. The van der Waals surface area contributed by atoms with Crippen LogP contribution in [0.1, 0.15) is 21.7 Å². The highest BCUT2D eigenvalue weighted by molar-refractivity contribution is 5.89. The lowest BCUT2D eigenvalue weighted by Gasteiger charge is -2.14. The first kappa shape index (κ1) is 18.7. The van der Waals surface area contributed by atoms with Crippen LogP contribution < -0.4 is 4.90 Å². The van der Waals surface area contributed by atoms with Gasteiger partial charge in [-0.3, -0.25) is 0 Å². The van der Waals surface area contributed by atoms with Gasteiger partial charge in [0, 0.05) is 25.9 Å². The van der Waals surface area contributed by atoms with Gasteiger partial charge in [-0.25, -0.2) is 14.8 Å². The minimum Gasteiger partial charge on any atom is -0.477 e. The summed E-state index contributed by atoms with van der Waals surface area (Å²) in [6, 6.07) is 18.0. The Bertz CT molecular complexity index is 1190. The second kappa shape index (κ2) is 7.39. The number of nitrogens with zero attached hydrogens (tertiary/aromatic N) is 4. The van der Waals surface area contributed by atoms with Crippen LogP contribution in [0.3, 0.4) is 0 Å². The number of carboxylic acids is 1. The molecule has 0 aliphatic rings. The van der Waals surface area contributed by atoms with E-state index >= 15 is 0 Å². The van der Waals surface area contributed by atoms with Crippen LogP contribution in [0.15, 0.2) is 60.8 Å². The molecule has 4 aromatic rings. The number of hydrogen-bond acceptors (Lipinski definition) is 4. The van der Waals surface area contributed by atoms with Gasteiger partial charge in [0.25, 0.3) is 0 Å². The molecule has 0 unspecified atom stereocenters. The molecule has 0 radical (unpaired) electrons. The molecule has 0 saturated carbocycles. The van der Waals surface area contributed by atoms with E-state index in [2.05, 4.69) is 28.2 Å². The SMILES string of the molecule is Cc1nc(-c2ccc(N(C)C)nc2)n(Cc2cccc3ccccc23)c1C(=O)O. The molecule has 0 aliphatic carbocycles. The number of carbonyl (C=O) groups is 1. The van der Waals surface area contributed by atoms with Crippen molar-refractivity contribution in [1.82, 2.24) is 14.5 Å². The molecule has 6 heteroatoms. The van der Waals surface area contributed by atoms with Crippen molar-refractivity contribution in [3.05, 3.63) is 77.7 Å². The molecule has 0 spiro atoms. The number of fused-ring (bicyclic) bond motifs is 1. The summed E-state index contributed by atoms with van der Waals surface area (Å²) in [5.74, 6) is 0.445. The Morgan fingerprint density at radius 3 is 2.52 bits per heavy atom. The molecule has 0 fully saturated rings. The maximum absolute atomic E-state index is 12.0. The zero-order valence-electron chi connectivity index (χ0n) is 16.6. The number of hydrogen-bond donors (Lipinski definition) is 1. The molecule has 0 saturated heterocycles. The third-order valence-electron chi connectivity index (χ3n) is 5.02. The van der Waals surface area contributed by atoms with Crippen molar-refractivity contribution >= 4 is 22.6 Å². The molecule has 2 aromatic carbocycles. The van der Waals surface area contributed by atoms with Crippen molar-refractivity contribution in [2.24, 2.45) is 0 Å². The Balaban J connectivity index is 1.86. The van der Waals surface area contributed by atoms with E-state index in [0.717, 1.165) is 27.7 Å². The van der Waals surface area contributed by atoms with E-state index in [1.807, 2.05) is 55.4 Å². The molecule has 4 rings (SSSR count). The molecule has 6 nitrogen and oxygen atoms in total. The van der Waals surface area contributed by atoms with Gasteiger partial charge in [-0.2, -0.15) is 0 Å². The van der Waals surface area contributed by atoms with Crippen molar-refractivity contribution in [2.75, 3.05) is 19.0 Å². The van der Waals surface area contributed by atoms with Gasteiger partial charge in [0.05, 0.1) is 12.2 Å². The molecule has 0 aliphatic heterocycles. The van der Waals surface area contributed by atoms with Crippen LogP contribution in [0.25, 0.3) is 22.2 Å². The topological polar surface area (TPSA) is 71.2 Å². The highest BCUT2D eigenvalue weighted by atomic mass is 16.4. The Kier molecular flexibility index (Phi) is 4.76. The number of aromatic nitrogens is 3. The lowest BCUT2D eigenvalue weighted by Crippen LogP contribution is -2.13. The van der Waals surface area contributed by atoms with Gasteiger partial charge < -0.3 is 14.6 Å². The number of rotatable bonds is 5. The predicted octanol–water partition coefficient (Wildman–Crippen LogP) is 4.22. The van der Waals surface area contributed by atoms with Gasteiger partial charge in [-0.05, 0) is 35.4 Å². The number of benzene rings is 2. The average molecular weight is 386 g/mol. The van der Waals surface area contributed by atoms with Crippen molar-refractivity contribution in [2.45, 2.75) is 13.5 Å². The Hall–Kier alpha value is -3.67. The Morgan fingerprint density at radius 2 is 1.83 bits per heavy atom. The van der Waals surface area contributed by atoms with Gasteiger partial charge in [0.1, 0.15) is 11.6 Å². The fourth-order valence-corrected chi connectivity index (χ4v) is 3.60. The molecule has 0 bridgehead atoms. The number of imidazole rings is 1. The average Bonchev–Trinajstić information content (AvgIpc) is 3.04. The molecule has 29 heavy (non-hydrogen) atoms. The number of anilines is 1. The maximum Gasteiger partial charge on any atom is 0.354 e. The molecule has 1 N–H and O–H groups in total. The lowest BCUT2D eigenvalue weighted by molar-refractivity contribution is 0.0685. The predicted molar refractivity (Wildman–Crippen MR) is 115 cm³/mol. The summed E-state index contributed by atoms with van der Waals surface area (Å²) in [5, 5.41) is 12.1. The number of carboxylic acid groups (broad SMARTS) is 1. The number of aryl methyl sites for hydroxylation is 1. The van der Waals surface area contributed by atoms with E-state index in [4.69, 9.17) is 0 Å². The molecular weight excluding hydrogens is 364 g/mol. The second-order valence-electron chi connectivity index (χ2n) is 7.20. The molecule has 0 amide bonds. The van der Waals surface area contributed by atoms with Crippen LogP contribution in [0.2, 0.25) is 0 Å². The van der Waals surface area contributed by atoms with Crippen LogP contribution in [-0.4, -0.2) is 39.7 Å². The third kappa shape index (κ3) is 3.45. The van der Waals surface area contributed by atoms with Gasteiger partial charge in [0.15, 0.2) is 5.69 Å². The summed E-state index contributed by atoms with van der Waals surface area (Å²) in [6.07, 6.45) is 1.74. The van der Waals surface area contributed by atoms with Crippen LogP contribution in [0.4, 0.5) is 5.82 Å². The Morgan fingerprint density at radius 1 is 1.07 bits per heavy atom. The highest BCUT2D eigenvalue weighted by Gasteiger charge is 2.22.